The highest BCUT2D eigenvalue weighted by atomic mass is 16.7. The second-order valence-electron chi connectivity index (χ2n) is 15.7. The van der Waals surface area contributed by atoms with Crippen LogP contribution in [0.15, 0.2) is 151 Å². The van der Waals surface area contributed by atoms with Gasteiger partial charge >= 0.3 is 0 Å². The van der Waals surface area contributed by atoms with Crippen LogP contribution in [0.2, 0.25) is 0 Å². The molecule has 1 fully saturated rings. The molecule has 0 saturated carbocycles. The SMILES string of the molecule is C/C=C\CC/C=C\CO.C=C/C(=C\C=C(/C)OC(C)O[C@H](CO)C(O)CC)C1=CC(C(=O)NCCOCCOCCNC(=O)/C=C/C=C\C(=C/C)c2ccc(OC3CCC(O)CO3)cc2)C=CC=C1.CC.CO. The Balaban J connectivity index is 0.00000354. The molecule has 0 bridgehead atoms. The van der Waals surface area contributed by atoms with Crippen molar-refractivity contribution >= 4 is 17.4 Å². The Bertz CT molecular complexity index is 1940. The summed E-state index contributed by atoms with van der Waals surface area (Å²) in [6.07, 6.45) is 32.2. The van der Waals surface area contributed by atoms with Gasteiger partial charge in [-0.25, -0.2) is 0 Å². The lowest BCUT2D eigenvalue weighted by molar-refractivity contribution is -0.175. The molecule has 15 heteroatoms. The first-order valence-corrected chi connectivity index (χ1v) is 25.3. The number of aliphatic hydroxyl groups is 5. The topological polar surface area (TPSA) is 215 Å². The normalized spacial score (nSPS) is 18.3. The summed E-state index contributed by atoms with van der Waals surface area (Å²) >= 11 is 0. The van der Waals surface area contributed by atoms with E-state index in [2.05, 4.69) is 23.3 Å². The number of unbranched alkanes of at least 4 members (excludes halogenated alkanes) is 1. The largest absolute Gasteiger partial charge is 0.470 e. The maximum Gasteiger partial charge on any atom is 0.244 e. The minimum atomic E-state index is -0.792. The minimum absolute atomic E-state index is 0.163. The van der Waals surface area contributed by atoms with E-state index < -0.39 is 30.5 Å². The molecule has 408 valence electrons. The summed E-state index contributed by atoms with van der Waals surface area (Å²) in [5.74, 6) is 0.351. The predicted molar refractivity (Wildman–Crippen MR) is 292 cm³/mol. The number of allylic oxidation sites excluding steroid dienone is 17. The number of carbonyl (C=O) groups is 2. The molecular weight excluding hydrogens is 933 g/mol. The zero-order valence-electron chi connectivity index (χ0n) is 44.7. The summed E-state index contributed by atoms with van der Waals surface area (Å²) in [5.41, 5.74) is 3.59. The number of benzene rings is 1. The Morgan fingerprint density at radius 2 is 1.56 bits per heavy atom. The third-order valence-corrected chi connectivity index (χ3v) is 10.2. The third kappa shape index (κ3) is 32.4. The second kappa shape index (κ2) is 45.2. The molecule has 1 aliphatic carbocycles. The molecule has 1 aromatic rings. The molecule has 1 aliphatic heterocycles. The molecule has 2 aliphatic rings. The van der Waals surface area contributed by atoms with Crippen LogP contribution in [0.1, 0.15) is 86.1 Å². The van der Waals surface area contributed by atoms with Gasteiger partial charge in [0.05, 0.1) is 70.1 Å². The van der Waals surface area contributed by atoms with Gasteiger partial charge in [0.1, 0.15) is 11.9 Å². The first-order valence-electron chi connectivity index (χ1n) is 25.3. The van der Waals surface area contributed by atoms with Crippen LogP contribution in [-0.2, 0) is 33.3 Å². The molecular formula is C58H88N2O13. The lowest BCUT2D eigenvalue weighted by Gasteiger charge is -2.26. The lowest BCUT2D eigenvalue weighted by atomic mass is 9.99. The molecule has 1 aromatic carbocycles. The maximum atomic E-state index is 13.0. The van der Waals surface area contributed by atoms with Gasteiger partial charge in [-0.3, -0.25) is 9.59 Å². The molecule has 3 rings (SSSR count). The molecule has 0 radical (unpaired) electrons. The van der Waals surface area contributed by atoms with Gasteiger partial charge < -0.3 is 64.6 Å². The summed E-state index contributed by atoms with van der Waals surface area (Å²) in [4.78, 5) is 25.2. The molecule has 0 spiro atoms. The fourth-order valence-electron chi connectivity index (χ4n) is 6.47. The molecule has 5 unspecified atom stereocenters. The highest BCUT2D eigenvalue weighted by Gasteiger charge is 2.22. The van der Waals surface area contributed by atoms with E-state index in [0.717, 1.165) is 42.2 Å². The number of nitrogens with one attached hydrogen (secondary N) is 2. The van der Waals surface area contributed by atoms with Gasteiger partial charge in [0.15, 0.2) is 12.6 Å². The number of aliphatic hydroxyl groups excluding tert-OH is 5. The first kappa shape index (κ1) is 67.5. The molecule has 73 heavy (non-hydrogen) atoms. The quantitative estimate of drug-likeness (QED) is 0.00971. The number of rotatable bonds is 30. The van der Waals surface area contributed by atoms with Crippen LogP contribution < -0.4 is 15.4 Å². The number of carbonyl (C=O) groups excluding carboxylic acids is 2. The average Bonchev–Trinajstić information content (AvgIpc) is 3.67. The van der Waals surface area contributed by atoms with Crippen molar-refractivity contribution in [3.8, 4) is 5.75 Å². The van der Waals surface area contributed by atoms with Crippen molar-refractivity contribution in [2.24, 2.45) is 5.92 Å². The Kier molecular flexibility index (Phi) is 41.8. The van der Waals surface area contributed by atoms with Crippen molar-refractivity contribution < 1.29 is 63.5 Å². The van der Waals surface area contributed by atoms with E-state index in [9.17, 15) is 24.9 Å². The Morgan fingerprint density at radius 1 is 0.890 bits per heavy atom. The van der Waals surface area contributed by atoms with Gasteiger partial charge in [0.25, 0.3) is 0 Å². The number of ether oxygens (including phenoxy) is 6. The summed E-state index contributed by atoms with van der Waals surface area (Å²) in [6, 6.07) is 7.70. The van der Waals surface area contributed by atoms with Gasteiger partial charge in [0.2, 0.25) is 11.8 Å². The second-order valence-corrected chi connectivity index (χ2v) is 15.7. The molecule has 15 nitrogen and oxygen atoms in total. The molecule has 7 N–H and O–H groups in total. The number of hydrogen-bond acceptors (Lipinski definition) is 13. The van der Waals surface area contributed by atoms with Crippen molar-refractivity contribution in [1.29, 1.82) is 0 Å². The molecule has 6 atom stereocenters. The van der Waals surface area contributed by atoms with Crippen LogP contribution in [0.25, 0.3) is 5.57 Å². The highest BCUT2D eigenvalue weighted by Crippen LogP contribution is 2.24. The summed E-state index contributed by atoms with van der Waals surface area (Å²) in [6.45, 7) is 19.3. The molecule has 1 saturated heterocycles. The minimum Gasteiger partial charge on any atom is -0.470 e. The summed E-state index contributed by atoms with van der Waals surface area (Å²) in [5, 5.41) is 50.1. The maximum absolute atomic E-state index is 13.0. The standard InChI is InChI=1S/C47H64N2O11.C8H14O.C2H6.CH4O/c1-6-36(38-19-22-42(23-20-38)60-46-24-21-41(51)33-57-46)13-11-12-16-45(53)48-25-27-55-29-30-56-28-26-49-47(54)40-15-10-9-14-39(31-40)37(7-2)18-17-34(4)58-35(5)59-44(32-50)43(52)8-3;1-2-3-4-5-6-7-8-9;2*1-2/h6-7,9-20,22-23,31,35,40-41,43-44,46,50-52H,2,8,21,24-30,32-33H2,1,3-5H3,(H,48,53)(H,49,54);2-3,6-7,9H,4-5,8H2,1H3;1-2H3;2H,1H3/b13-11-,16-12+,34-17+,36-6+,37-18+;3-2-,7-6-;;/t35?,40?,41?,43?,44-,46?;;;/m1.../s1. The average molecular weight is 1020 g/mol. The molecule has 1 heterocycles. The fraction of sp³-hybridized carbons (Fsp3) is 0.483. The van der Waals surface area contributed by atoms with Gasteiger partial charge in [-0.05, 0) is 93.9 Å². The summed E-state index contributed by atoms with van der Waals surface area (Å²) in [7, 11) is 1.00. The van der Waals surface area contributed by atoms with Crippen LogP contribution in [0.4, 0.5) is 0 Å². The third-order valence-electron chi connectivity index (χ3n) is 10.2. The number of amides is 2. The molecule has 2 amide bonds. The Hall–Kier alpha value is -5.46. The zero-order valence-corrected chi connectivity index (χ0v) is 44.7. The van der Waals surface area contributed by atoms with E-state index in [1.807, 2.05) is 113 Å². The zero-order chi connectivity index (χ0) is 54.5. The van der Waals surface area contributed by atoms with Crippen molar-refractivity contribution in [3.63, 3.8) is 0 Å². The smallest absolute Gasteiger partial charge is 0.244 e. The monoisotopic (exact) mass is 1020 g/mol. The number of hydrogen-bond donors (Lipinski definition) is 7. The van der Waals surface area contributed by atoms with Crippen LogP contribution in [0.3, 0.4) is 0 Å². The Labute approximate surface area is 436 Å². The van der Waals surface area contributed by atoms with E-state index in [0.29, 0.717) is 70.3 Å². The van der Waals surface area contributed by atoms with Gasteiger partial charge in [0, 0.05) is 32.7 Å². The Morgan fingerprint density at radius 3 is 2.16 bits per heavy atom. The van der Waals surface area contributed by atoms with Crippen LogP contribution in [0.5, 0.6) is 5.75 Å². The van der Waals surface area contributed by atoms with Gasteiger partial charge in [-0.1, -0.05) is 131 Å². The van der Waals surface area contributed by atoms with Crippen molar-refractivity contribution in [3.05, 3.63) is 157 Å². The highest BCUT2D eigenvalue weighted by molar-refractivity contribution is 5.88. The van der Waals surface area contributed by atoms with Crippen LogP contribution in [-0.4, -0.2) is 135 Å². The lowest BCUT2D eigenvalue weighted by Crippen LogP contribution is -2.35. The van der Waals surface area contributed by atoms with Crippen molar-refractivity contribution in [2.75, 3.05) is 66.4 Å². The van der Waals surface area contributed by atoms with Gasteiger partial charge in [-0.15, -0.1) is 0 Å². The summed E-state index contributed by atoms with van der Waals surface area (Å²) < 4.78 is 33.9. The fourth-order valence-corrected chi connectivity index (χ4v) is 6.47. The van der Waals surface area contributed by atoms with Crippen molar-refractivity contribution in [1.82, 2.24) is 10.6 Å². The van der Waals surface area contributed by atoms with Crippen LogP contribution in [0, 0.1) is 5.92 Å². The van der Waals surface area contributed by atoms with Crippen molar-refractivity contribution in [2.45, 2.75) is 111 Å². The van der Waals surface area contributed by atoms with E-state index in [1.54, 1.807) is 51.2 Å². The van der Waals surface area contributed by atoms with E-state index >= 15 is 0 Å². The van der Waals surface area contributed by atoms with Gasteiger partial charge in [-0.2, -0.15) is 0 Å². The van der Waals surface area contributed by atoms with Crippen LogP contribution >= 0.6 is 0 Å². The van der Waals surface area contributed by atoms with E-state index in [-0.39, 0.29) is 37.9 Å². The molecule has 0 aromatic heterocycles. The predicted octanol–water partition coefficient (Wildman–Crippen LogP) is 8.07. The first-order chi connectivity index (χ1) is 35.5. The van der Waals surface area contributed by atoms with E-state index in [4.69, 9.17) is 38.6 Å². The van der Waals surface area contributed by atoms with E-state index in [1.165, 1.54) is 6.08 Å².